The van der Waals surface area contributed by atoms with Crippen molar-refractivity contribution in [2.45, 2.75) is 25.9 Å². The summed E-state index contributed by atoms with van der Waals surface area (Å²) < 4.78 is 0. The van der Waals surface area contributed by atoms with Gasteiger partial charge in [-0.2, -0.15) is 0 Å². The van der Waals surface area contributed by atoms with E-state index in [0.717, 1.165) is 0 Å². The van der Waals surface area contributed by atoms with Crippen LogP contribution in [0.25, 0.3) is 0 Å². The van der Waals surface area contributed by atoms with Crippen LogP contribution in [0.3, 0.4) is 0 Å². The lowest BCUT2D eigenvalue weighted by atomic mass is 10.1. The molecular weight excluding hydrogens is 128 g/mol. The van der Waals surface area contributed by atoms with E-state index in [4.69, 9.17) is 11.5 Å². The summed E-state index contributed by atoms with van der Waals surface area (Å²) in [6, 6.07) is 0. The maximum Gasteiger partial charge on any atom is 0.0791 e. The van der Waals surface area contributed by atoms with Crippen molar-refractivity contribution in [2.75, 3.05) is 6.54 Å². The van der Waals surface area contributed by atoms with Crippen LogP contribution in [0.15, 0.2) is 11.8 Å². The van der Waals surface area contributed by atoms with Crippen LogP contribution < -0.4 is 11.5 Å². The molecule has 0 atom stereocenters. The van der Waals surface area contributed by atoms with Gasteiger partial charge in [-0.15, -0.1) is 0 Å². The third-order valence-electron chi connectivity index (χ3n) is 0.972. The van der Waals surface area contributed by atoms with Crippen LogP contribution in [-0.4, -0.2) is 17.3 Å². The standard InChI is InChI=1S/C7H16N2O/c1-7(2,10)5-6(9)3-4-8/h5,10H,3-4,8-9H2,1-2H3. The van der Waals surface area contributed by atoms with Gasteiger partial charge in [0.05, 0.1) is 5.60 Å². The van der Waals surface area contributed by atoms with Crippen LogP contribution in [0.1, 0.15) is 20.3 Å². The van der Waals surface area contributed by atoms with Gasteiger partial charge in [0.25, 0.3) is 0 Å². The molecule has 0 aliphatic carbocycles. The van der Waals surface area contributed by atoms with Gasteiger partial charge in [0.1, 0.15) is 0 Å². The number of aliphatic hydroxyl groups is 1. The SMILES string of the molecule is CC(C)(O)C=C(N)CCN. The summed E-state index contributed by atoms with van der Waals surface area (Å²) in [5.41, 5.74) is 10.6. The second kappa shape index (κ2) is 3.58. The molecule has 0 bridgehead atoms. The highest BCUT2D eigenvalue weighted by atomic mass is 16.3. The van der Waals surface area contributed by atoms with E-state index in [2.05, 4.69) is 0 Å². The Hall–Kier alpha value is -0.540. The van der Waals surface area contributed by atoms with Gasteiger partial charge >= 0.3 is 0 Å². The minimum Gasteiger partial charge on any atom is -0.402 e. The van der Waals surface area contributed by atoms with Gasteiger partial charge < -0.3 is 16.6 Å². The number of hydrogen-bond donors (Lipinski definition) is 3. The van der Waals surface area contributed by atoms with Gasteiger partial charge in [-0.1, -0.05) is 0 Å². The van der Waals surface area contributed by atoms with Crippen molar-refractivity contribution < 1.29 is 5.11 Å². The number of hydrogen-bond acceptors (Lipinski definition) is 3. The predicted octanol–water partition coefficient (Wildman–Crippen LogP) is -0.0513. The molecule has 3 nitrogen and oxygen atoms in total. The van der Waals surface area contributed by atoms with Crippen LogP contribution in [-0.2, 0) is 0 Å². The first-order chi connectivity index (χ1) is 4.45. The molecule has 10 heavy (non-hydrogen) atoms. The molecule has 3 heteroatoms. The minimum absolute atomic E-state index is 0.526. The summed E-state index contributed by atoms with van der Waals surface area (Å²) in [4.78, 5) is 0. The van der Waals surface area contributed by atoms with Crippen molar-refractivity contribution >= 4 is 0 Å². The molecule has 0 unspecified atom stereocenters. The van der Waals surface area contributed by atoms with E-state index in [0.29, 0.717) is 18.7 Å². The van der Waals surface area contributed by atoms with Crippen molar-refractivity contribution in [1.29, 1.82) is 0 Å². The predicted molar refractivity (Wildman–Crippen MR) is 42.2 cm³/mol. The summed E-state index contributed by atoms with van der Waals surface area (Å²) in [6.45, 7) is 3.88. The van der Waals surface area contributed by atoms with E-state index in [9.17, 15) is 5.11 Å². The van der Waals surface area contributed by atoms with E-state index < -0.39 is 5.60 Å². The molecule has 0 rings (SSSR count). The Morgan fingerprint density at radius 3 is 2.40 bits per heavy atom. The Kier molecular flexibility index (Phi) is 3.39. The Morgan fingerprint density at radius 2 is 2.10 bits per heavy atom. The van der Waals surface area contributed by atoms with Crippen molar-refractivity contribution in [3.8, 4) is 0 Å². The van der Waals surface area contributed by atoms with E-state index in [1.54, 1.807) is 19.9 Å². The first-order valence-corrected chi connectivity index (χ1v) is 3.35. The smallest absolute Gasteiger partial charge is 0.0791 e. The van der Waals surface area contributed by atoms with Crippen molar-refractivity contribution in [1.82, 2.24) is 0 Å². The van der Waals surface area contributed by atoms with Gasteiger partial charge in [0.2, 0.25) is 0 Å². The molecule has 5 N–H and O–H groups in total. The van der Waals surface area contributed by atoms with E-state index in [1.807, 2.05) is 0 Å². The number of nitrogens with two attached hydrogens (primary N) is 2. The van der Waals surface area contributed by atoms with Crippen molar-refractivity contribution in [3.63, 3.8) is 0 Å². The van der Waals surface area contributed by atoms with Crippen LogP contribution in [0, 0.1) is 0 Å². The average molecular weight is 144 g/mol. The molecule has 0 fully saturated rings. The van der Waals surface area contributed by atoms with Crippen molar-refractivity contribution in [3.05, 3.63) is 11.8 Å². The first-order valence-electron chi connectivity index (χ1n) is 3.35. The fourth-order valence-electron chi connectivity index (χ4n) is 0.693. The topological polar surface area (TPSA) is 72.3 Å². The van der Waals surface area contributed by atoms with E-state index >= 15 is 0 Å². The minimum atomic E-state index is -0.820. The largest absolute Gasteiger partial charge is 0.402 e. The molecule has 0 radical (unpaired) electrons. The quantitative estimate of drug-likeness (QED) is 0.520. The maximum absolute atomic E-state index is 9.22. The summed E-state index contributed by atoms with van der Waals surface area (Å²) in [5.74, 6) is 0. The third-order valence-corrected chi connectivity index (χ3v) is 0.972. The molecule has 0 amide bonds. The van der Waals surface area contributed by atoms with Crippen molar-refractivity contribution in [2.24, 2.45) is 11.5 Å². The van der Waals surface area contributed by atoms with E-state index in [-0.39, 0.29) is 0 Å². The zero-order chi connectivity index (χ0) is 8.20. The molecule has 0 spiro atoms. The highest BCUT2D eigenvalue weighted by Gasteiger charge is 2.07. The zero-order valence-corrected chi connectivity index (χ0v) is 6.59. The molecule has 60 valence electrons. The maximum atomic E-state index is 9.22. The Balaban J connectivity index is 3.90. The molecule has 0 saturated carbocycles. The number of rotatable bonds is 3. The summed E-state index contributed by atoms with van der Waals surface area (Å²) in [6.07, 6.45) is 2.25. The first kappa shape index (κ1) is 9.46. The molecule has 0 aliphatic heterocycles. The molecule has 0 aliphatic rings. The van der Waals surface area contributed by atoms with E-state index in [1.165, 1.54) is 0 Å². The lowest BCUT2D eigenvalue weighted by Crippen LogP contribution is -2.18. The lowest BCUT2D eigenvalue weighted by molar-refractivity contribution is 0.132. The fraction of sp³-hybridized carbons (Fsp3) is 0.714. The van der Waals surface area contributed by atoms with Crippen LogP contribution in [0.5, 0.6) is 0 Å². The molecule has 0 aromatic rings. The van der Waals surface area contributed by atoms with Crippen LogP contribution >= 0.6 is 0 Å². The Labute approximate surface area is 61.7 Å². The third kappa shape index (κ3) is 5.59. The summed E-state index contributed by atoms with van der Waals surface area (Å²) in [5, 5.41) is 9.22. The Morgan fingerprint density at radius 1 is 1.60 bits per heavy atom. The monoisotopic (exact) mass is 144 g/mol. The molecular formula is C7H16N2O. The van der Waals surface area contributed by atoms with Crippen LogP contribution in [0.2, 0.25) is 0 Å². The highest BCUT2D eigenvalue weighted by Crippen LogP contribution is 2.05. The van der Waals surface area contributed by atoms with Gasteiger partial charge in [-0.05, 0) is 32.9 Å². The normalized spacial score (nSPS) is 13.8. The molecule has 0 saturated heterocycles. The second-order valence-electron chi connectivity index (χ2n) is 2.91. The van der Waals surface area contributed by atoms with Gasteiger partial charge in [0, 0.05) is 5.70 Å². The molecule has 0 aromatic heterocycles. The Bertz CT molecular complexity index is 124. The average Bonchev–Trinajstić information content (AvgIpc) is 1.59. The lowest BCUT2D eigenvalue weighted by Gasteiger charge is -2.12. The highest BCUT2D eigenvalue weighted by molar-refractivity contribution is 5.04. The van der Waals surface area contributed by atoms with Gasteiger partial charge in [0.15, 0.2) is 0 Å². The summed E-state index contributed by atoms with van der Waals surface area (Å²) in [7, 11) is 0. The zero-order valence-electron chi connectivity index (χ0n) is 6.59. The van der Waals surface area contributed by atoms with Gasteiger partial charge in [-0.25, -0.2) is 0 Å². The molecule has 0 aromatic carbocycles. The second-order valence-corrected chi connectivity index (χ2v) is 2.91. The van der Waals surface area contributed by atoms with Gasteiger partial charge in [-0.3, -0.25) is 0 Å². The summed E-state index contributed by atoms with van der Waals surface area (Å²) >= 11 is 0. The van der Waals surface area contributed by atoms with Crippen LogP contribution in [0.4, 0.5) is 0 Å². The molecule has 0 heterocycles. The fourth-order valence-corrected chi connectivity index (χ4v) is 0.693.